The summed E-state index contributed by atoms with van der Waals surface area (Å²) in [7, 11) is 0. The van der Waals surface area contributed by atoms with Crippen LogP contribution in [0.1, 0.15) is 11.1 Å². The molecule has 1 aromatic heterocycles. The van der Waals surface area contributed by atoms with Gasteiger partial charge in [0.25, 0.3) is 0 Å². The average molecular weight is 332 g/mol. The summed E-state index contributed by atoms with van der Waals surface area (Å²) < 4.78 is 0.932. The van der Waals surface area contributed by atoms with E-state index in [1.807, 2.05) is 37.3 Å². The Bertz CT molecular complexity index is 647. The molecule has 0 aliphatic carbocycles. The summed E-state index contributed by atoms with van der Waals surface area (Å²) in [6, 6.07) is 9.59. The molecule has 1 aliphatic rings. The van der Waals surface area contributed by atoms with Gasteiger partial charge in [0.05, 0.1) is 0 Å². The maximum Gasteiger partial charge on any atom is 0.248 e. The lowest BCUT2D eigenvalue weighted by atomic mass is 10.1. The van der Waals surface area contributed by atoms with Crippen LogP contribution in [0.4, 0.5) is 11.5 Å². The summed E-state index contributed by atoms with van der Waals surface area (Å²) in [5.74, 6) is 0.517. The van der Waals surface area contributed by atoms with Gasteiger partial charge < -0.3 is 10.6 Å². The van der Waals surface area contributed by atoms with Crippen LogP contribution in [0, 0.1) is 6.92 Å². The van der Waals surface area contributed by atoms with E-state index >= 15 is 0 Å². The average Bonchev–Trinajstić information content (AvgIpc) is 2.87. The van der Waals surface area contributed by atoms with E-state index in [0.29, 0.717) is 12.2 Å². The molecule has 2 N–H and O–H groups in total. The highest BCUT2D eigenvalue weighted by Crippen LogP contribution is 2.26. The zero-order valence-electron chi connectivity index (χ0n) is 11.0. The highest BCUT2D eigenvalue weighted by atomic mass is 79.9. The number of amides is 1. The Hall–Kier alpha value is -1.88. The van der Waals surface area contributed by atoms with Gasteiger partial charge in [0.15, 0.2) is 0 Å². The summed E-state index contributed by atoms with van der Waals surface area (Å²) in [4.78, 5) is 16.4. The SMILES string of the molecule is Cc1cc(NC(=O)[C@@H]2Cc3ccccc3N2)ncc1Br. The molecule has 20 heavy (non-hydrogen) atoms. The molecule has 0 spiro atoms. The Kier molecular flexibility index (Phi) is 3.44. The normalized spacial score (nSPS) is 16.4. The minimum Gasteiger partial charge on any atom is -0.373 e. The molecule has 0 unspecified atom stereocenters. The number of nitrogens with zero attached hydrogens (tertiary/aromatic N) is 1. The second-order valence-electron chi connectivity index (χ2n) is 4.87. The van der Waals surface area contributed by atoms with Crippen molar-refractivity contribution in [1.82, 2.24) is 4.98 Å². The van der Waals surface area contributed by atoms with Crippen LogP contribution in [-0.2, 0) is 11.2 Å². The fourth-order valence-electron chi connectivity index (χ4n) is 2.28. The van der Waals surface area contributed by atoms with Crippen molar-refractivity contribution in [1.29, 1.82) is 0 Å². The molecule has 1 amide bonds. The second-order valence-corrected chi connectivity index (χ2v) is 5.72. The van der Waals surface area contributed by atoms with E-state index in [4.69, 9.17) is 0 Å². The summed E-state index contributed by atoms with van der Waals surface area (Å²) in [5.41, 5.74) is 3.25. The Balaban J connectivity index is 1.71. The molecule has 3 rings (SSSR count). The lowest BCUT2D eigenvalue weighted by molar-refractivity contribution is -0.116. The number of anilines is 2. The van der Waals surface area contributed by atoms with E-state index in [1.165, 1.54) is 5.56 Å². The number of para-hydroxylation sites is 1. The van der Waals surface area contributed by atoms with Crippen molar-refractivity contribution >= 4 is 33.3 Å². The number of aromatic nitrogens is 1. The number of fused-ring (bicyclic) bond motifs is 1. The van der Waals surface area contributed by atoms with E-state index in [9.17, 15) is 4.79 Å². The predicted molar refractivity (Wildman–Crippen MR) is 82.9 cm³/mol. The van der Waals surface area contributed by atoms with Crippen LogP contribution in [0.15, 0.2) is 41.0 Å². The minimum absolute atomic E-state index is 0.0598. The quantitative estimate of drug-likeness (QED) is 0.888. The fourth-order valence-corrected chi connectivity index (χ4v) is 2.49. The zero-order valence-corrected chi connectivity index (χ0v) is 12.6. The molecule has 4 nitrogen and oxygen atoms in total. The predicted octanol–water partition coefficient (Wildman–Crippen LogP) is 3.13. The van der Waals surface area contributed by atoms with Gasteiger partial charge in [-0.2, -0.15) is 0 Å². The fraction of sp³-hybridized carbons (Fsp3) is 0.200. The first kappa shape index (κ1) is 13.1. The minimum atomic E-state index is -0.238. The molecule has 1 aliphatic heterocycles. The molecule has 1 aromatic carbocycles. The lowest BCUT2D eigenvalue weighted by Crippen LogP contribution is -2.33. The first-order valence-electron chi connectivity index (χ1n) is 6.41. The van der Waals surface area contributed by atoms with E-state index in [2.05, 4.69) is 31.5 Å². The van der Waals surface area contributed by atoms with Crippen molar-refractivity contribution in [2.45, 2.75) is 19.4 Å². The van der Waals surface area contributed by atoms with E-state index in [0.717, 1.165) is 15.7 Å². The van der Waals surface area contributed by atoms with Crippen molar-refractivity contribution in [3.63, 3.8) is 0 Å². The van der Waals surface area contributed by atoms with Crippen molar-refractivity contribution in [3.8, 4) is 0 Å². The summed E-state index contributed by atoms with van der Waals surface area (Å²) in [5, 5.41) is 6.08. The third-order valence-corrected chi connectivity index (χ3v) is 4.22. The molecule has 5 heteroatoms. The Morgan fingerprint density at radius 3 is 3.00 bits per heavy atom. The highest BCUT2D eigenvalue weighted by molar-refractivity contribution is 9.10. The number of carbonyl (C=O) groups excluding carboxylic acids is 1. The van der Waals surface area contributed by atoms with Gasteiger partial charge in [0.2, 0.25) is 5.91 Å². The second kappa shape index (κ2) is 5.25. The molecular weight excluding hydrogens is 318 g/mol. The third kappa shape index (κ3) is 2.54. The molecule has 0 saturated heterocycles. The molecule has 0 saturated carbocycles. The van der Waals surface area contributed by atoms with Crippen molar-refractivity contribution in [3.05, 3.63) is 52.1 Å². The number of halogens is 1. The van der Waals surface area contributed by atoms with Crippen LogP contribution >= 0.6 is 15.9 Å². The van der Waals surface area contributed by atoms with Crippen molar-refractivity contribution in [2.24, 2.45) is 0 Å². The van der Waals surface area contributed by atoms with Gasteiger partial charge >= 0.3 is 0 Å². The molecule has 2 heterocycles. The van der Waals surface area contributed by atoms with Crippen LogP contribution in [0.2, 0.25) is 0 Å². The van der Waals surface area contributed by atoms with Crippen LogP contribution in [-0.4, -0.2) is 16.9 Å². The van der Waals surface area contributed by atoms with E-state index in [1.54, 1.807) is 6.20 Å². The summed E-state index contributed by atoms with van der Waals surface area (Å²) in [6.07, 6.45) is 2.40. The maximum absolute atomic E-state index is 12.3. The van der Waals surface area contributed by atoms with Crippen LogP contribution in [0.3, 0.4) is 0 Å². The number of benzene rings is 1. The number of rotatable bonds is 2. The number of pyridine rings is 1. The molecule has 2 aromatic rings. The molecule has 1 atom stereocenters. The molecule has 0 bridgehead atoms. The first-order valence-corrected chi connectivity index (χ1v) is 7.20. The summed E-state index contributed by atoms with van der Waals surface area (Å²) >= 11 is 3.39. The largest absolute Gasteiger partial charge is 0.373 e. The monoisotopic (exact) mass is 331 g/mol. The molecule has 102 valence electrons. The maximum atomic E-state index is 12.3. The lowest BCUT2D eigenvalue weighted by Gasteiger charge is -2.12. The zero-order chi connectivity index (χ0) is 14.1. The van der Waals surface area contributed by atoms with Crippen molar-refractivity contribution in [2.75, 3.05) is 10.6 Å². The van der Waals surface area contributed by atoms with Gasteiger partial charge in [-0.15, -0.1) is 0 Å². The Morgan fingerprint density at radius 1 is 1.45 bits per heavy atom. The number of nitrogens with one attached hydrogen (secondary N) is 2. The number of aryl methyl sites for hydroxylation is 1. The van der Waals surface area contributed by atoms with E-state index in [-0.39, 0.29) is 11.9 Å². The van der Waals surface area contributed by atoms with Gasteiger partial charge in [-0.25, -0.2) is 4.98 Å². The number of hydrogen-bond donors (Lipinski definition) is 2. The van der Waals surface area contributed by atoms with Crippen molar-refractivity contribution < 1.29 is 4.79 Å². The van der Waals surface area contributed by atoms with Gasteiger partial charge in [-0.3, -0.25) is 4.79 Å². The van der Waals surface area contributed by atoms with Gasteiger partial charge in [-0.1, -0.05) is 18.2 Å². The Labute approximate surface area is 125 Å². The number of carbonyl (C=O) groups is 1. The molecule has 0 radical (unpaired) electrons. The molecular formula is C15H14BrN3O. The topological polar surface area (TPSA) is 54.0 Å². The van der Waals surface area contributed by atoms with Gasteiger partial charge in [0.1, 0.15) is 11.9 Å². The van der Waals surface area contributed by atoms with Crippen LogP contribution in [0.5, 0.6) is 0 Å². The van der Waals surface area contributed by atoms with Gasteiger partial charge in [0, 0.05) is 22.8 Å². The van der Waals surface area contributed by atoms with Crippen LogP contribution < -0.4 is 10.6 Å². The Morgan fingerprint density at radius 2 is 2.25 bits per heavy atom. The molecule has 0 fully saturated rings. The summed E-state index contributed by atoms with van der Waals surface area (Å²) in [6.45, 7) is 1.96. The van der Waals surface area contributed by atoms with E-state index < -0.39 is 0 Å². The standard InChI is InChI=1S/C15H14BrN3O/c1-9-6-14(17-8-11(9)16)19-15(20)13-7-10-4-2-3-5-12(10)18-13/h2-6,8,13,18H,7H2,1H3,(H,17,19,20)/t13-/m0/s1. The number of hydrogen-bond acceptors (Lipinski definition) is 3. The first-order chi connectivity index (χ1) is 9.63. The highest BCUT2D eigenvalue weighted by Gasteiger charge is 2.26. The third-order valence-electron chi connectivity index (χ3n) is 3.39. The van der Waals surface area contributed by atoms with Crippen LogP contribution in [0.25, 0.3) is 0 Å². The van der Waals surface area contributed by atoms with Gasteiger partial charge in [-0.05, 0) is 46.1 Å². The smallest absolute Gasteiger partial charge is 0.248 e.